The van der Waals surface area contributed by atoms with E-state index in [1.165, 1.54) is 6.42 Å². The van der Waals surface area contributed by atoms with Crippen LogP contribution >= 0.6 is 0 Å². The first-order valence-electron chi connectivity index (χ1n) is 7.44. The first kappa shape index (κ1) is 17.5. The Bertz CT molecular complexity index is 323. The highest BCUT2D eigenvalue weighted by molar-refractivity contribution is 5.72. The second kappa shape index (κ2) is 9.37. The molecule has 0 aromatic rings. The Labute approximate surface area is 125 Å². The third-order valence-corrected chi connectivity index (χ3v) is 4.12. The van der Waals surface area contributed by atoms with Crippen molar-refractivity contribution in [3.8, 4) is 0 Å². The molecule has 1 rings (SSSR count). The molecule has 6 nitrogen and oxygen atoms in total. The fraction of sp³-hybridized carbons (Fsp3) is 0.800. The highest BCUT2D eigenvalue weighted by atomic mass is 16.6. The summed E-state index contributed by atoms with van der Waals surface area (Å²) in [4.78, 5) is 32.8. The smallest absolute Gasteiger partial charge is 0.308 e. The van der Waals surface area contributed by atoms with E-state index in [9.17, 15) is 14.4 Å². The highest BCUT2D eigenvalue weighted by Gasteiger charge is 2.33. The topological polar surface area (TPSA) is 78.9 Å². The van der Waals surface area contributed by atoms with Gasteiger partial charge in [0.25, 0.3) is 12.9 Å². The van der Waals surface area contributed by atoms with Crippen LogP contribution in [-0.4, -0.2) is 38.7 Å². The number of carbonyl (C=O) groups excluding carboxylic acids is 3. The fourth-order valence-corrected chi connectivity index (χ4v) is 2.53. The van der Waals surface area contributed by atoms with Crippen LogP contribution in [0, 0.1) is 11.3 Å². The van der Waals surface area contributed by atoms with Gasteiger partial charge in [0.05, 0.1) is 11.3 Å². The average molecular weight is 300 g/mol. The van der Waals surface area contributed by atoms with Gasteiger partial charge in [0.2, 0.25) is 0 Å². The fourth-order valence-electron chi connectivity index (χ4n) is 2.53. The molecule has 0 unspecified atom stereocenters. The first-order valence-corrected chi connectivity index (χ1v) is 7.44. The maximum Gasteiger partial charge on any atom is 0.308 e. The Kier molecular flexibility index (Phi) is 7.79. The zero-order valence-corrected chi connectivity index (χ0v) is 12.5. The summed E-state index contributed by atoms with van der Waals surface area (Å²) >= 11 is 0. The molecule has 1 aliphatic carbocycles. The molecule has 120 valence electrons. The Balaban J connectivity index is 2.54. The van der Waals surface area contributed by atoms with Crippen LogP contribution in [0.25, 0.3) is 0 Å². The van der Waals surface area contributed by atoms with Crippen LogP contribution in [0.3, 0.4) is 0 Å². The van der Waals surface area contributed by atoms with Gasteiger partial charge in [0.15, 0.2) is 0 Å². The number of esters is 1. The lowest BCUT2D eigenvalue weighted by Gasteiger charge is -2.30. The lowest BCUT2D eigenvalue weighted by atomic mass is 9.87. The van der Waals surface area contributed by atoms with Crippen molar-refractivity contribution in [3.63, 3.8) is 0 Å². The second-order valence-electron chi connectivity index (χ2n) is 5.61. The Morgan fingerprint density at radius 1 is 1.05 bits per heavy atom. The predicted molar refractivity (Wildman–Crippen MR) is 74.3 cm³/mol. The summed E-state index contributed by atoms with van der Waals surface area (Å²) in [5.74, 6) is -0.239. The quantitative estimate of drug-likeness (QED) is 0.348. The molecule has 0 saturated heterocycles. The van der Waals surface area contributed by atoms with Crippen LogP contribution in [0.5, 0.6) is 0 Å². The summed E-state index contributed by atoms with van der Waals surface area (Å²) < 4.78 is 15.0. The SMILES string of the molecule is CCC(COC=O)(COC=O)COC(=O)C1CCCCC1. The van der Waals surface area contributed by atoms with Crippen molar-refractivity contribution >= 4 is 18.9 Å². The molecule has 0 atom stereocenters. The Morgan fingerprint density at radius 3 is 2.10 bits per heavy atom. The molecule has 1 saturated carbocycles. The molecule has 1 aliphatic rings. The van der Waals surface area contributed by atoms with Gasteiger partial charge in [-0.05, 0) is 19.3 Å². The van der Waals surface area contributed by atoms with Gasteiger partial charge in [0.1, 0.15) is 19.8 Å². The summed E-state index contributed by atoms with van der Waals surface area (Å²) in [5.41, 5.74) is -0.674. The first-order chi connectivity index (χ1) is 10.2. The molecule has 0 aromatic heterocycles. The molecule has 0 amide bonds. The van der Waals surface area contributed by atoms with Crippen molar-refractivity contribution in [3.05, 3.63) is 0 Å². The third kappa shape index (κ3) is 5.73. The van der Waals surface area contributed by atoms with Crippen molar-refractivity contribution in [2.75, 3.05) is 19.8 Å². The number of hydrogen-bond donors (Lipinski definition) is 0. The van der Waals surface area contributed by atoms with E-state index >= 15 is 0 Å². The minimum atomic E-state index is -0.674. The normalized spacial score (nSPS) is 16.0. The average Bonchev–Trinajstić information content (AvgIpc) is 2.55. The van der Waals surface area contributed by atoms with E-state index in [1.54, 1.807) is 0 Å². The van der Waals surface area contributed by atoms with E-state index < -0.39 is 5.41 Å². The lowest BCUT2D eigenvalue weighted by molar-refractivity contribution is -0.159. The van der Waals surface area contributed by atoms with Crippen molar-refractivity contribution in [2.45, 2.75) is 45.4 Å². The molecule has 21 heavy (non-hydrogen) atoms. The lowest BCUT2D eigenvalue weighted by Crippen LogP contribution is -2.38. The molecule has 0 spiro atoms. The monoisotopic (exact) mass is 300 g/mol. The van der Waals surface area contributed by atoms with Crippen molar-refractivity contribution in [1.29, 1.82) is 0 Å². The molecule has 0 bridgehead atoms. The molecule has 0 radical (unpaired) electrons. The molecule has 0 heterocycles. The number of carbonyl (C=O) groups is 3. The van der Waals surface area contributed by atoms with Gasteiger partial charge in [-0.25, -0.2) is 0 Å². The number of ether oxygens (including phenoxy) is 3. The van der Waals surface area contributed by atoms with Gasteiger partial charge in [-0.1, -0.05) is 26.2 Å². The minimum absolute atomic E-state index is 0.0349. The number of hydrogen-bond acceptors (Lipinski definition) is 6. The van der Waals surface area contributed by atoms with Gasteiger partial charge < -0.3 is 14.2 Å². The maximum absolute atomic E-state index is 12.1. The Hall–Kier alpha value is -1.59. The van der Waals surface area contributed by atoms with E-state index in [4.69, 9.17) is 14.2 Å². The highest BCUT2D eigenvalue weighted by Crippen LogP contribution is 2.27. The van der Waals surface area contributed by atoms with Crippen LogP contribution in [0.4, 0.5) is 0 Å². The van der Waals surface area contributed by atoms with Crippen molar-refractivity contribution < 1.29 is 28.6 Å². The summed E-state index contributed by atoms with van der Waals surface area (Å²) in [6, 6.07) is 0. The van der Waals surface area contributed by atoms with E-state index in [1.807, 2.05) is 6.92 Å². The van der Waals surface area contributed by atoms with Gasteiger partial charge in [-0.3, -0.25) is 14.4 Å². The Morgan fingerprint density at radius 2 is 1.62 bits per heavy atom. The van der Waals surface area contributed by atoms with Crippen LogP contribution in [0.2, 0.25) is 0 Å². The largest absolute Gasteiger partial charge is 0.467 e. The molecule has 0 aromatic carbocycles. The zero-order chi connectivity index (χ0) is 15.6. The van der Waals surface area contributed by atoms with Crippen LogP contribution in [0.1, 0.15) is 45.4 Å². The molecular weight excluding hydrogens is 276 g/mol. The zero-order valence-electron chi connectivity index (χ0n) is 12.5. The molecule has 0 aliphatic heterocycles. The van der Waals surface area contributed by atoms with Crippen molar-refractivity contribution in [1.82, 2.24) is 0 Å². The van der Waals surface area contributed by atoms with Gasteiger partial charge in [-0.2, -0.15) is 0 Å². The van der Waals surface area contributed by atoms with E-state index in [0.29, 0.717) is 19.4 Å². The van der Waals surface area contributed by atoms with Crippen LogP contribution in [-0.2, 0) is 28.6 Å². The summed E-state index contributed by atoms with van der Waals surface area (Å²) in [7, 11) is 0. The van der Waals surface area contributed by atoms with Crippen molar-refractivity contribution in [2.24, 2.45) is 11.3 Å². The minimum Gasteiger partial charge on any atom is -0.467 e. The maximum atomic E-state index is 12.1. The van der Waals surface area contributed by atoms with E-state index in [2.05, 4.69) is 0 Å². The van der Waals surface area contributed by atoms with Gasteiger partial charge in [-0.15, -0.1) is 0 Å². The summed E-state index contributed by atoms with van der Waals surface area (Å²) in [6.07, 6.45) is 5.58. The summed E-state index contributed by atoms with van der Waals surface area (Å²) in [5, 5.41) is 0. The predicted octanol–water partition coefficient (Wildman–Crippen LogP) is 1.85. The van der Waals surface area contributed by atoms with Crippen LogP contribution < -0.4 is 0 Å². The number of rotatable bonds is 10. The molecule has 0 N–H and O–H groups in total. The summed E-state index contributed by atoms with van der Waals surface area (Å²) in [6.45, 7) is 2.75. The standard InChI is InChI=1S/C15H24O6/c1-2-15(8-19-11-16,9-20-12-17)10-21-14(18)13-6-4-3-5-7-13/h11-13H,2-10H2,1H3. The van der Waals surface area contributed by atoms with E-state index in [0.717, 1.165) is 25.7 Å². The van der Waals surface area contributed by atoms with E-state index in [-0.39, 0.29) is 31.7 Å². The van der Waals surface area contributed by atoms with Gasteiger partial charge in [0, 0.05) is 0 Å². The van der Waals surface area contributed by atoms with Crippen LogP contribution in [0.15, 0.2) is 0 Å². The molecule has 6 heteroatoms. The second-order valence-corrected chi connectivity index (χ2v) is 5.61. The van der Waals surface area contributed by atoms with Gasteiger partial charge >= 0.3 is 5.97 Å². The third-order valence-electron chi connectivity index (χ3n) is 4.12. The molecule has 1 fully saturated rings. The molecular formula is C15H24O6.